The molecule has 0 aliphatic heterocycles. The molecule has 1 atom stereocenters. The van der Waals surface area contributed by atoms with Gasteiger partial charge >= 0.3 is 0 Å². The quantitative estimate of drug-likeness (QED) is 0.700. The first-order valence-electron chi connectivity index (χ1n) is 9.31. The SMILES string of the molecule is CCCCc1ccc(NC(=O)[C@@H](CC)N(c2ccccc2)S(C)(=O)=O)cc1. The summed E-state index contributed by atoms with van der Waals surface area (Å²) in [7, 11) is -3.61. The molecule has 0 bridgehead atoms. The lowest BCUT2D eigenvalue weighted by Crippen LogP contribution is -2.46. The fraction of sp³-hybridized carbons (Fsp3) is 0.381. The summed E-state index contributed by atoms with van der Waals surface area (Å²) in [5.41, 5.74) is 2.38. The number of hydrogen-bond donors (Lipinski definition) is 1. The Morgan fingerprint density at radius 1 is 1.04 bits per heavy atom. The van der Waals surface area contributed by atoms with Crippen LogP contribution < -0.4 is 9.62 Å². The molecule has 0 aliphatic carbocycles. The molecular weight excluding hydrogens is 360 g/mol. The molecule has 1 N–H and O–H groups in total. The van der Waals surface area contributed by atoms with Crippen LogP contribution in [0.15, 0.2) is 54.6 Å². The summed E-state index contributed by atoms with van der Waals surface area (Å²) in [6.07, 6.45) is 4.76. The summed E-state index contributed by atoms with van der Waals surface area (Å²) in [5.74, 6) is -0.340. The van der Waals surface area contributed by atoms with Gasteiger partial charge < -0.3 is 5.32 Å². The Morgan fingerprint density at radius 3 is 2.19 bits per heavy atom. The van der Waals surface area contributed by atoms with Gasteiger partial charge in [0, 0.05) is 5.69 Å². The van der Waals surface area contributed by atoms with Gasteiger partial charge in [0.2, 0.25) is 15.9 Å². The standard InChI is InChI=1S/C21H28N2O3S/c1-4-6-10-17-13-15-18(16-14-17)22-21(24)20(5-2)23(27(3,25)26)19-11-8-7-9-12-19/h7-9,11-16,20H,4-6,10H2,1-3H3,(H,22,24)/t20-/m1/s1. The molecule has 0 aliphatic rings. The molecule has 0 saturated carbocycles. The molecular formula is C21H28N2O3S. The Morgan fingerprint density at radius 2 is 1.67 bits per heavy atom. The van der Waals surface area contributed by atoms with Gasteiger partial charge in [-0.25, -0.2) is 8.42 Å². The number of amides is 1. The van der Waals surface area contributed by atoms with Gasteiger partial charge in [-0.1, -0.05) is 50.6 Å². The zero-order valence-electron chi connectivity index (χ0n) is 16.2. The van der Waals surface area contributed by atoms with E-state index in [0.717, 1.165) is 25.5 Å². The van der Waals surface area contributed by atoms with Crippen molar-refractivity contribution in [1.29, 1.82) is 0 Å². The molecule has 27 heavy (non-hydrogen) atoms. The second-order valence-electron chi connectivity index (χ2n) is 6.61. The molecule has 2 rings (SSSR count). The molecule has 1 amide bonds. The highest BCUT2D eigenvalue weighted by Crippen LogP contribution is 2.23. The highest BCUT2D eigenvalue weighted by molar-refractivity contribution is 7.92. The van der Waals surface area contributed by atoms with Gasteiger partial charge in [0.1, 0.15) is 6.04 Å². The summed E-state index contributed by atoms with van der Waals surface area (Å²) in [6.45, 7) is 3.96. The van der Waals surface area contributed by atoms with E-state index in [1.807, 2.05) is 30.3 Å². The van der Waals surface area contributed by atoms with Crippen molar-refractivity contribution in [3.05, 3.63) is 60.2 Å². The molecule has 0 heterocycles. The third kappa shape index (κ3) is 5.82. The third-order valence-electron chi connectivity index (χ3n) is 4.38. The van der Waals surface area contributed by atoms with Crippen LogP contribution in [0.3, 0.4) is 0 Å². The van der Waals surface area contributed by atoms with Crippen LogP contribution in [0, 0.1) is 0 Å². The van der Waals surface area contributed by atoms with Crippen molar-refractivity contribution in [1.82, 2.24) is 0 Å². The maximum Gasteiger partial charge on any atom is 0.248 e. The molecule has 0 spiro atoms. The van der Waals surface area contributed by atoms with Crippen molar-refractivity contribution in [3.8, 4) is 0 Å². The largest absolute Gasteiger partial charge is 0.324 e. The maximum absolute atomic E-state index is 12.8. The molecule has 0 radical (unpaired) electrons. The van der Waals surface area contributed by atoms with Crippen LogP contribution in [-0.4, -0.2) is 26.6 Å². The number of sulfonamides is 1. The topological polar surface area (TPSA) is 66.5 Å². The predicted molar refractivity (Wildman–Crippen MR) is 112 cm³/mol. The summed E-state index contributed by atoms with van der Waals surface area (Å²) in [4.78, 5) is 12.8. The fourth-order valence-corrected chi connectivity index (χ4v) is 4.21. The lowest BCUT2D eigenvalue weighted by Gasteiger charge is -2.30. The number of benzene rings is 2. The summed E-state index contributed by atoms with van der Waals surface area (Å²) >= 11 is 0. The highest BCUT2D eigenvalue weighted by atomic mass is 32.2. The first-order valence-corrected chi connectivity index (χ1v) is 11.2. The zero-order valence-corrected chi connectivity index (χ0v) is 17.0. The van der Waals surface area contributed by atoms with Crippen molar-refractivity contribution in [3.63, 3.8) is 0 Å². The van der Waals surface area contributed by atoms with Crippen LogP contribution >= 0.6 is 0 Å². The lowest BCUT2D eigenvalue weighted by atomic mass is 10.1. The minimum absolute atomic E-state index is 0.340. The van der Waals surface area contributed by atoms with Crippen LogP contribution in [-0.2, 0) is 21.2 Å². The number of rotatable bonds is 9. The van der Waals surface area contributed by atoms with Gasteiger partial charge in [-0.15, -0.1) is 0 Å². The Bertz CT molecular complexity index is 833. The van der Waals surface area contributed by atoms with E-state index >= 15 is 0 Å². The number of nitrogens with one attached hydrogen (secondary N) is 1. The number of unbranched alkanes of at least 4 members (excludes halogenated alkanes) is 1. The van der Waals surface area contributed by atoms with Gasteiger partial charge in [-0.2, -0.15) is 0 Å². The molecule has 0 saturated heterocycles. The number of hydrogen-bond acceptors (Lipinski definition) is 3. The maximum atomic E-state index is 12.8. The molecule has 0 aromatic heterocycles. The average Bonchev–Trinajstić information content (AvgIpc) is 2.65. The number of carbonyl (C=O) groups excluding carboxylic acids is 1. The van der Waals surface area contributed by atoms with E-state index in [2.05, 4.69) is 12.2 Å². The summed E-state index contributed by atoms with van der Waals surface area (Å²) < 4.78 is 26.0. The monoisotopic (exact) mass is 388 g/mol. The molecule has 2 aromatic carbocycles. The van der Waals surface area contributed by atoms with E-state index in [-0.39, 0.29) is 5.91 Å². The first kappa shape index (κ1) is 21.0. The van der Waals surface area contributed by atoms with Crippen molar-refractivity contribution < 1.29 is 13.2 Å². The van der Waals surface area contributed by atoms with Crippen LogP contribution in [0.2, 0.25) is 0 Å². The van der Waals surface area contributed by atoms with E-state index in [4.69, 9.17) is 0 Å². The summed E-state index contributed by atoms with van der Waals surface area (Å²) in [5, 5.41) is 2.85. The second-order valence-corrected chi connectivity index (χ2v) is 8.47. The summed E-state index contributed by atoms with van der Waals surface area (Å²) in [6, 6.07) is 15.6. The van der Waals surface area contributed by atoms with Gasteiger partial charge in [-0.05, 0) is 49.1 Å². The van der Waals surface area contributed by atoms with Crippen LogP contribution in [0.4, 0.5) is 11.4 Å². The average molecular weight is 389 g/mol. The van der Waals surface area contributed by atoms with Crippen molar-refractivity contribution in [2.24, 2.45) is 0 Å². The molecule has 6 heteroatoms. The minimum atomic E-state index is -3.61. The number of anilines is 2. The van der Waals surface area contributed by atoms with Crippen molar-refractivity contribution in [2.75, 3.05) is 15.9 Å². The second kappa shape index (κ2) is 9.55. The number of nitrogens with zero attached hydrogens (tertiary/aromatic N) is 1. The van der Waals surface area contributed by atoms with E-state index in [0.29, 0.717) is 17.8 Å². The fourth-order valence-electron chi connectivity index (χ4n) is 3.00. The number of carbonyl (C=O) groups is 1. The molecule has 5 nitrogen and oxygen atoms in total. The Labute approximate surface area is 162 Å². The van der Waals surface area contributed by atoms with Crippen molar-refractivity contribution in [2.45, 2.75) is 45.6 Å². The number of para-hydroxylation sites is 1. The Balaban J connectivity index is 2.20. The van der Waals surface area contributed by atoms with E-state index in [9.17, 15) is 13.2 Å². The van der Waals surface area contributed by atoms with Gasteiger partial charge in [-0.3, -0.25) is 9.10 Å². The van der Waals surface area contributed by atoms with Gasteiger partial charge in [0.15, 0.2) is 0 Å². The van der Waals surface area contributed by atoms with Crippen LogP contribution in [0.1, 0.15) is 38.7 Å². The Hall–Kier alpha value is -2.34. The predicted octanol–water partition coefficient (Wildman–Crippen LogP) is 4.21. The van der Waals surface area contributed by atoms with Gasteiger partial charge in [0.05, 0.1) is 11.9 Å². The zero-order chi connectivity index (χ0) is 19.9. The van der Waals surface area contributed by atoms with Gasteiger partial charge in [0.25, 0.3) is 0 Å². The van der Waals surface area contributed by atoms with E-state index in [1.165, 1.54) is 9.87 Å². The molecule has 2 aromatic rings. The lowest BCUT2D eigenvalue weighted by molar-refractivity contribution is -0.117. The normalized spacial score (nSPS) is 12.4. The smallest absolute Gasteiger partial charge is 0.248 e. The van der Waals surface area contributed by atoms with E-state index in [1.54, 1.807) is 31.2 Å². The van der Waals surface area contributed by atoms with Crippen molar-refractivity contribution >= 4 is 27.3 Å². The highest BCUT2D eigenvalue weighted by Gasteiger charge is 2.31. The minimum Gasteiger partial charge on any atom is -0.324 e. The van der Waals surface area contributed by atoms with Crippen LogP contribution in [0.25, 0.3) is 0 Å². The third-order valence-corrected chi connectivity index (χ3v) is 5.56. The van der Waals surface area contributed by atoms with Crippen LogP contribution in [0.5, 0.6) is 0 Å². The number of aryl methyl sites for hydroxylation is 1. The molecule has 0 fully saturated rings. The first-order chi connectivity index (χ1) is 12.9. The Kier molecular flexibility index (Phi) is 7.42. The molecule has 0 unspecified atom stereocenters. The van der Waals surface area contributed by atoms with E-state index < -0.39 is 16.1 Å². The molecule has 146 valence electrons.